The average Bonchev–Trinajstić information content (AvgIpc) is 3.37. The third kappa shape index (κ3) is 6.87. The van der Waals surface area contributed by atoms with E-state index < -0.39 is 17.9 Å². The molecule has 8 nitrogen and oxygen atoms in total. The number of alkyl halides is 1. The Labute approximate surface area is 247 Å². The molecule has 0 spiro atoms. The van der Waals surface area contributed by atoms with Gasteiger partial charge >= 0.3 is 5.97 Å². The maximum atomic E-state index is 14.4. The van der Waals surface area contributed by atoms with Crippen molar-refractivity contribution in [3.63, 3.8) is 0 Å². The Kier molecular flexibility index (Phi) is 9.33. The molecule has 0 radical (unpaired) electrons. The van der Waals surface area contributed by atoms with Gasteiger partial charge in [-0.05, 0) is 67.0 Å². The molecule has 2 fully saturated rings. The summed E-state index contributed by atoms with van der Waals surface area (Å²) in [5.74, 6) is -1.58. The number of fused-ring (bicyclic) bond motifs is 1. The highest BCUT2D eigenvalue weighted by atomic mass is 35.5. The van der Waals surface area contributed by atoms with E-state index in [9.17, 15) is 23.2 Å². The molecule has 42 heavy (non-hydrogen) atoms. The number of nitrogens with zero attached hydrogens (tertiary/aromatic N) is 2. The summed E-state index contributed by atoms with van der Waals surface area (Å²) < 4.78 is 39.1. The predicted octanol–water partition coefficient (Wildman–Crippen LogP) is 5.51. The molecule has 1 saturated heterocycles. The number of hydrogen-bond donors (Lipinski definition) is 1. The molecule has 1 unspecified atom stereocenters. The van der Waals surface area contributed by atoms with Gasteiger partial charge in [0.15, 0.2) is 0 Å². The zero-order valence-corrected chi connectivity index (χ0v) is 23.9. The van der Waals surface area contributed by atoms with Crippen LogP contribution in [0, 0.1) is 11.7 Å². The van der Waals surface area contributed by atoms with Crippen molar-refractivity contribution in [3.05, 3.63) is 70.8 Å². The van der Waals surface area contributed by atoms with Crippen LogP contribution >= 0.6 is 11.6 Å². The van der Waals surface area contributed by atoms with Crippen molar-refractivity contribution in [2.24, 2.45) is 5.92 Å². The van der Waals surface area contributed by atoms with E-state index in [2.05, 4.69) is 10.3 Å². The largest absolute Gasteiger partial charge is 0.469 e. The standard InChI is InChI=1S/C31H32ClF2N3O5/c1-41-31(40)20-4-7-24(8-5-20)42-17-23-14-22(34)16-37(23)28(38)13-18-2-9-27(26(32)12-18)36-30(39)29-25-15-21(33)6-3-19(25)10-11-35-29/h2-3,6,9-12,15,20,22-24H,4-5,7-8,13-14,16-17H2,1H3,(H,36,39)/t20?,22?,23-,24?/m0/s1. The first-order valence-electron chi connectivity index (χ1n) is 14.0. The lowest BCUT2D eigenvalue weighted by atomic mass is 9.87. The Bertz CT molecular complexity index is 1480. The van der Waals surface area contributed by atoms with Gasteiger partial charge in [-0.25, -0.2) is 8.78 Å². The van der Waals surface area contributed by atoms with Crippen LogP contribution in [0.1, 0.15) is 48.2 Å². The summed E-state index contributed by atoms with van der Waals surface area (Å²) >= 11 is 6.45. The van der Waals surface area contributed by atoms with Crippen molar-refractivity contribution < 1.29 is 32.6 Å². The van der Waals surface area contributed by atoms with E-state index in [0.29, 0.717) is 47.7 Å². The smallest absolute Gasteiger partial charge is 0.308 e. The van der Waals surface area contributed by atoms with E-state index in [4.69, 9.17) is 21.1 Å². The molecular weight excluding hydrogens is 568 g/mol. The maximum absolute atomic E-state index is 14.4. The molecule has 1 aliphatic heterocycles. The van der Waals surface area contributed by atoms with Crippen molar-refractivity contribution in [1.29, 1.82) is 0 Å². The van der Waals surface area contributed by atoms with Gasteiger partial charge in [0.25, 0.3) is 5.91 Å². The summed E-state index contributed by atoms with van der Waals surface area (Å²) in [4.78, 5) is 43.5. The predicted molar refractivity (Wildman–Crippen MR) is 154 cm³/mol. The Morgan fingerprint density at radius 1 is 1.10 bits per heavy atom. The first-order chi connectivity index (χ1) is 20.2. The number of pyridine rings is 1. The van der Waals surface area contributed by atoms with E-state index in [1.807, 2.05) is 0 Å². The van der Waals surface area contributed by atoms with Crippen LogP contribution in [0.15, 0.2) is 48.7 Å². The van der Waals surface area contributed by atoms with E-state index in [0.717, 1.165) is 0 Å². The number of aromatic nitrogens is 1. The first kappa shape index (κ1) is 29.8. The fourth-order valence-electron chi connectivity index (χ4n) is 5.75. The summed E-state index contributed by atoms with van der Waals surface area (Å²) in [6.45, 7) is 0.236. The number of hydrogen-bond acceptors (Lipinski definition) is 6. The van der Waals surface area contributed by atoms with Crippen LogP contribution in [0.3, 0.4) is 0 Å². The molecule has 1 aliphatic carbocycles. The van der Waals surface area contributed by atoms with Crippen molar-refractivity contribution in [3.8, 4) is 0 Å². The highest BCUT2D eigenvalue weighted by Crippen LogP contribution is 2.30. The van der Waals surface area contributed by atoms with Gasteiger partial charge in [-0.15, -0.1) is 0 Å². The van der Waals surface area contributed by atoms with Crippen LogP contribution in [0.4, 0.5) is 14.5 Å². The number of rotatable bonds is 8. The summed E-state index contributed by atoms with van der Waals surface area (Å²) in [5.41, 5.74) is 0.977. The molecule has 0 bridgehead atoms. The highest BCUT2D eigenvalue weighted by molar-refractivity contribution is 6.34. The number of halogens is 3. The van der Waals surface area contributed by atoms with Gasteiger partial charge in [-0.1, -0.05) is 23.7 Å². The van der Waals surface area contributed by atoms with Crippen LogP contribution in [-0.4, -0.2) is 66.2 Å². The highest BCUT2D eigenvalue weighted by Gasteiger charge is 2.36. The number of carbonyl (C=O) groups is 3. The Morgan fingerprint density at radius 3 is 2.62 bits per heavy atom. The lowest BCUT2D eigenvalue weighted by Crippen LogP contribution is -2.40. The fraction of sp³-hybridized carbons (Fsp3) is 0.419. The molecule has 1 N–H and O–H groups in total. The molecule has 2 aliphatic rings. The minimum Gasteiger partial charge on any atom is -0.469 e. The second-order valence-electron chi connectivity index (χ2n) is 10.8. The second kappa shape index (κ2) is 13.1. The molecule has 2 atom stereocenters. The summed E-state index contributed by atoms with van der Waals surface area (Å²) in [5, 5.41) is 3.96. The van der Waals surface area contributed by atoms with Crippen LogP contribution in [-0.2, 0) is 25.5 Å². The monoisotopic (exact) mass is 599 g/mol. The minimum atomic E-state index is -1.13. The van der Waals surface area contributed by atoms with Gasteiger partial charge in [0.1, 0.15) is 17.7 Å². The van der Waals surface area contributed by atoms with Crippen molar-refractivity contribution in [2.75, 3.05) is 25.6 Å². The number of amides is 2. The van der Waals surface area contributed by atoms with E-state index in [-0.39, 0.29) is 66.7 Å². The Morgan fingerprint density at radius 2 is 1.88 bits per heavy atom. The van der Waals surface area contributed by atoms with Gasteiger partial charge in [-0.3, -0.25) is 19.4 Å². The molecule has 11 heteroatoms. The van der Waals surface area contributed by atoms with Crippen molar-refractivity contribution in [1.82, 2.24) is 9.88 Å². The molecule has 1 aromatic heterocycles. The molecule has 2 heterocycles. The van der Waals surface area contributed by atoms with E-state index in [1.165, 1.54) is 30.3 Å². The lowest BCUT2D eigenvalue weighted by molar-refractivity contribution is -0.148. The molecule has 222 valence electrons. The van der Waals surface area contributed by atoms with Crippen molar-refractivity contribution in [2.45, 2.75) is 56.8 Å². The number of methoxy groups -OCH3 is 1. The van der Waals surface area contributed by atoms with Gasteiger partial charge in [0, 0.05) is 18.0 Å². The quantitative estimate of drug-likeness (QED) is 0.343. The first-order valence-corrected chi connectivity index (χ1v) is 14.4. The molecule has 1 saturated carbocycles. The fourth-order valence-corrected chi connectivity index (χ4v) is 6.00. The molecule has 2 aromatic carbocycles. The molecular formula is C31H32ClF2N3O5. The van der Waals surface area contributed by atoms with Crippen LogP contribution < -0.4 is 5.32 Å². The van der Waals surface area contributed by atoms with Crippen molar-refractivity contribution >= 4 is 45.8 Å². The normalized spacial score (nSPS) is 22.2. The number of nitrogens with one attached hydrogen (secondary N) is 1. The second-order valence-corrected chi connectivity index (χ2v) is 11.2. The zero-order valence-electron chi connectivity index (χ0n) is 23.2. The Balaban J connectivity index is 1.18. The molecule has 3 aromatic rings. The lowest BCUT2D eigenvalue weighted by Gasteiger charge is -2.30. The van der Waals surface area contributed by atoms with Gasteiger partial charge in [-0.2, -0.15) is 0 Å². The topological polar surface area (TPSA) is 97.8 Å². The van der Waals surface area contributed by atoms with E-state index >= 15 is 0 Å². The summed E-state index contributed by atoms with van der Waals surface area (Å²) in [6, 6.07) is 10.3. The van der Waals surface area contributed by atoms with Gasteiger partial charge < -0.3 is 19.7 Å². The molecule has 5 rings (SSSR count). The van der Waals surface area contributed by atoms with Gasteiger partial charge in [0.05, 0.1) is 55.5 Å². The molecule has 2 amide bonds. The third-order valence-electron chi connectivity index (χ3n) is 8.00. The van der Waals surface area contributed by atoms with Crippen LogP contribution in [0.5, 0.6) is 0 Å². The van der Waals surface area contributed by atoms with Gasteiger partial charge in [0.2, 0.25) is 5.91 Å². The number of esters is 1. The maximum Gasteiger partial charge on any atom is 0.308 e. The summed E-state index contributed by atoms with van der Waals surface area (Å²) in [7, 11) is 1.39. The number of carbonyl (C=O) groups excluding carboxylic acids is 3. The van der Waals surface area contributed by atoms with E-state index in [1.54, 1.807) is 30.3 Å². The number of likely N-dealkylation sites (tertiary alicyclic amines) is 1. The minimum absolute atomic E-state index is 0.00242. The number of anilines is 1. The van der Waals surface area contributed by atoms with Crippen LogP contribution in [0.25, 0.3) is 10.8 Å². The SMILES string of the molecule is COC(=O)C1CCC(OC[C@@H]2CC(F)CN2C(=O)Cc2ccc(NC(=O)c3nccc4ccc(F)cc34)c(Cl)c2)CC1. The summed E-state index contributed by atoms with van der Waals surface area (Å²) in [6.07, 6.45) is 3.32. The Hall–Kier alpha value is -3.63. The third-order valence-corrected chi connectivity index (χ3v) is 8.31. The number of ether oxygens (including phenoxy) is 2. The average molecular weight is 600 g/mol. The van der Waals surface area contributed by atoms with Crippen LogP contribution in [0.2, 0.25) is 5.02 Å². The zero-order chi connectivity index (χ0) is 29.8. The number of benzene rings is 2.